The Hall–Kier alpha value is -2.96. The molecule has 0 atom stereocenters. The van der Waals surface area contributed by atoms with Gasteiger partial charge in [0.25, 0.3) is 11.5 Å². The molecule has 37 heavy (non-hydrogen) atoms. The van der Waals surface area contributed by atoms with Crippen molar-refractivity contribution in [2.24, 2.45) is 5.10 Å². The minimum atomic E-state index is -0.326. The van der Waals surface area contributed by atoms with E-state index < -0.39 is 0 Å². The van der Waals surface area contributed by atoms with Crippen LogP contribution in [-0.4, -0.2) is 35.5 Å². The van der Waals surface area contributed by atoms with Crippen LogP contribution in [0.4, 0.5) is 5.69 Å². The van der Waals surface area contributed by atoms with Crippen molar-refractivity contribution in [3.05, 3.63) is 89.4 Å². The molecule has 0 aliphatic carbocycles. The van der Waals surface area contributed by atoms with Gasteiger partial charge in [-0.3, -0.25) is 9.59 Å². The number of ether oxygens (including phenoxy) is 2. The van der Waals surface area contributed by atoms with Crippen molar-refractivity contribution < 1.29 is 14.3 Å². The van der Waals surface area contributed by atoms with Crippen LogP contribution in [0.15, 0.2) is 69.0 Å². The molecule has 0 saturated carbocycles. The van der Waals surface area contributed by atoms with Gasteiger partial charge in [-0.1, -0.05) is 34.5 Å². The topological polar surface area (TPSA) is 94.8 Å². The molecule has 8 nitrogen and oxygen atoms in total. The average Bonchev–Trinajstić information content (AvgIpc) is 2.88. The van der Waals surface area contributed by atoms with E-state index in [0.29, 0.717) is 54.5 Å². The Morgan fingerprint density at radius 2 is 1.97 bits per heavy atom. The van der Waals surface area contributed by atoms with Crippen LogP contribution in [0.2, 0.25) is 5.02 Å². The van der Waals surface area contributed by atoms with Gasteiger partial charge in [-0.2, -0.15) is 9.78 Å². The van der Waals surface area contributed by atoms with Crippen LogP contribution in [0.1, 0.15) is 18.3 Å². The smallest absolute Gasteiger partial charge is 0.282 e. The molecule has 1 heterocycles. The van der Waals surface area contributed by atoms with Crippen molar-refractivity contribution in [2.45, 2.75) is 13.3 Å². The zero-order valence-electron chi connectivity index (χ0n) is 19.8. The molecule has 4 rings (SSSR count). The fourth-order valence-corrected chi connectivity index (χ4v) is 4.76. The highest BCUT2D eigenvalue weighted by Crippen LogP contribution is 2.33. The first-order chi connectivity index (χ1) is 17.8. The molecule has 1 N–H and O–H groups in total. The second kappa shape index (κ2) is 12.1. The number of nitrogens with one attached hydrogen (secondary N) is 1. The molecule has 0 aliphatic rings. The van der Waals surface area contributed by atoms with Gasteiger partial charge in [0.05, 0.1) is 27.8 Å². The van der Waals surface area contributed by atoms with Crippen molar-refractivity contribution in [2.75, 3.05) is 19.0 Å². The fraction of sp³-hybridized carbons (Fsp3) is 0.154. The summed E-state index contributed by atoms with van der Waals surface area (Å²) in [6, 6.07) is 15.7. The summed E-state index contributed by atoms with van der Waals surface area (Å²) in [6.45, 7) is 1.70. The Morgan fingerprint density at radius 3 is 2.68 bits per heavy atom. The number of aryl methyl sites for hydroxylation is 1. The largest absolute Gasteiger partial charge is 0.493 e. The minimum absolute atomic E-state index is 0.212. The molecule has 0 unspecified atom stereocenters. The van der Waals surface area contributed by atoms with Gasteiger partial charge in [-0.25, -0.2) is 4.98 Å². The van der Waals surface area contributed by atoms with Gasteiger partial charge < -0.3 is 14.8 Å². The van der Waals surface area contributed by atoms with E-state index in [1.807, 2.05) is 19.1 Å². The third kappa shape index (κ3) is 6.49. The number of amides is 1. The van der Waals surface area contributed by atoms with Gasteiger partial charge in [0.1, 0.15) is 5.82 Å². The summed E-state index contributed by atoms with van der Waals surface area (Å²) < 4.78 is 14.1. The number of hydrogen-bond acceptors (Lipinski definition) is 6. The summed E-state index contributed by atoms with van der Waals surface area (Å²) in [6.07, 6.45) is 2.10. The first-order valence-corrected chi connectivity index (χ1v) is 13.3. The SMILES string of the molecule is CCc1nc2ccc(Br)cc2c(=O)n1N=Cc1cc(I)c(OCC(=O)Nc2ccc(Cl)cc2)c(OC)c1. The molecule has 3 aromatic carbocycles. The molecule has 4 aromatic rings. The van der Waals surface area contributed by atoms with E-state index in [1.54, 1.807) is 48.7 Å². The van der Waals surface area contributed by atoms with E-state index in [0.717, 1.165) is 4.47 Å². The predicted octanol–water partition coefficient (Wildman–Crippen LogP) is 5.89. The first kappa shape index (κ1) is 27.1. The number of halogens is 3. The van der Waals surface area contributed by atoms with E-state index in [2.05, 4.69) is 53.9 Å². The number of hydrogen-bond donors (Lipinski definition) is 1. The lowest BCUT2D eigenvalue weighted by Gasteiger charge is -2.14. The van der Waals surface area contributed by atoms with Crippen molar-refractivity contribution in [1.29, 1.82) is 0 Å². The maximum Gasteiger partial charge on any atom is 0.282 e. The van der Waals surface area contributed by atoms with E-state index in [4.69, 9.17) is 21.1 Å². The Kier molecular flexibility index (Phi) is 8.83. The number of anilines is 1. The Morgan fingerprint density at radius 1 is 1.22 bits per heavy atom. The van der Waals surface area contributed by atoms with Crippen molar-refractivity contribution in [3.8, 4) is 11.5 Å². The molecule has 1 amide bonds. The average molecular weight is 696 g/mol. The van der Waals surface area contributed by atoms with Gasteiger partial charge in [0.2, 0.25) is 0 Å². The quantitative estimate of drug-likeness (QED) is 0.184. The van der Waals surface area contributed by atoms with E-state index in [1.165, 1.54) is 11.8 Å². The zero-order chi connectivity index (χ0) is 26.5. The summed E-state index contributed by atoms with van der Waals surface area (Å²) >= 11 is 11.4. The van der Waals surface area contributed by atoms with Crippen molar-refractivity contribution >= 4 is 78.8 Å². The first-order valence-electron chi connectivity index (χ1n) is 11.1. The second-order valence-electron chi connectivity index (χ2n) is 7.78. The third-order valence-electron chi connectivity index (χ3n) is 5.24. The van der Waals surface area contributed by atoms with Gasteiger partial charge in [0.15, 0.2) is 18.1 Å². The van der Waals surface area contributed by atoms with E-state index >= 15 is 0 Å². The van der Waals surface area contributed by atoms with E-state index in [9.17, 15) is 9.59 Å². The molecule has 11 heteroatoms. The van der Waals surface area contributed by atoms with Crippen LogP contribution in [0, 0.1) is 3.57 Å². The molecule has 0 aliphatic heterocycles. The van der Waals surface area contributed by atoms with Crippen LogP contribution in [0.25, 0.3) is 10.9 Å². The molecular weight excluding hydrogens is 675 g/mol. The second-order valence-corrected chi connectivity index (χ2v) is 10.3. The summed E-state index contributed by atoms with van der Waals surface area (Å²) in [5.41, 5.74) is 1.66. The molecular formula is C26H21BrClIN4O4. The minimum Gasteiger partial charge on any atom is -0.493 e. The number of carbonyl (C=O) groups is 1. The summed E-state index contributed by atoms with van der Waals surface area (Å²) in [5, 5.41) is 8.23. The number of methoxy groups -OCH3 is 1. The lowest BCUT2D eigenvalue weighted by molar-refractivity contribution is -0.118. The van der Waals surface area contributed by atoms with Crippen LogP contribution < -0.4 is 20.3 Å². The number of nitrogens with zero attached hydrogens (tertiary/aromatic N) is 3. The highest BCUT2D eigenvalue weighted by Gasteiger charge is 2.14. The number of fused-ring (bicyclic) bond motifs is 1. The van der Waals surface area contributed by atoms with Gasteiger partial charge in [-0.05, 0) is 82.8 Å². The van der Waals surface area contributed by atoms with Crippen LogP contribution in [-0.2, 0) is 11.2 Å². The molecule has 0 bridgehead atoms. The van der Waals surface area contributed by atoms with Gasteiger partial charge >= 0.3 is 0 Å². The maximum absolute atomic E-state index is 13.1. The van der Waals surface area contributed by atoms with Crippen molar-refractivity contribution in [3.63, 3.8) is 0 Å². The summed E-state index contributed by atoms with van der Waals surface area (Å²) in [5.74, 6) is 1.07. The standard InChI is InChI=1S/C26H21BrClIN4O4/c1-3-23-32-21-9-4-16(27)12-19(21)26(35)33(23)30-13-15-10-20(29)25(22(11-15)36-2)37-14-24(34)31-18-7-5-17(28)6-8-18/h4-13H,3,14H2,1-2H3,(H,31,34). The lowest BCUT2D eigenvalue weighted by atomic mass is 10.2. The van der Waals surface area contributed by atoms with Gasteiger partial charge in [0, 0.05) is 21.6 Å². The lowest BCUT2D eigenvalue weighted by Crippen LogP contribution is -2.22. The Bertz CT molecular complexity index is 1560. The van der Waals surface area contributed by atoms with Crippen LogP contribution >= 0.6 is 50.1 Å². The molecule has 0 radical (unpaired) electrons. The zero-order valence-corrected chi connectivity index (χ0v) is 24.3. The molecule has 1 aromatic heterocycles. The van der Waals surface area contributed by atoms with Crippen LogP contribution in [0.5, 0.6) is 11.5 Å². The summed E-state index contributed by atoms with van der Waals surface area (Å²) in [7, 11) is 1.51. The third-order valence-corrected chi connectivity index (χ3v) is 6.79. The number of rotatable bonds is 8. The van der Waals surface area contributed by atoms with Gasteiger partial charge in [-0.15, -0.1) is 0 Å². The Balaban J connectivity index is 1.56. The number of aromatic nitrogens is 2. The highest BCUT2D eigenvalue weighted by molar-refractivity contribution is 14.1. The van der Waals surface area contributed by atoms with Crippen LogP contribution in [0.3, 0.4) is 0 Å². The summed E-state index contributed by atoms with van der Waals surface area (Å²) in [4.78, 5) is 30.0. The monoisotopic (exact) mass is 694 g/mol. The fourth-order valence-electron chi connectivity index (χ4n) is 3.49. The molecule has 0 saturated heterocycles. The number of carbonyl (C=O) groups excluding carboxylic acids is 1. The predicted molar refractivity (Wildman–Crippen MR) is 157 cm³/mol. The van der Waals surface area contributed by atoms with Crippen molar-refractivity contribution in [1.82, 2.24) is 9.66 Å². The maximum atomic E-state index is 13.1. The Labute approximate surface area is 239 Å². The normalized spacial score (nSPS) is 11.2. The van der Waals surface area contributed by atoms with E-state index in [-0.39, 0.29) is 18.1 Å². The highest BCUT2D eigenvalue weighted by atomic mass is 127. The molecule has 0 spiro atoms. The molecule has 190 valence electrons. The number of benzene rings is 3. The molecule has 0 fully saturated rings.